The smallest absolute Gasteiger partial charge is 0.276 e. The Balaban J connectivity index is 1.50. The van der Waals surface area contributed by atoms with Gasteiger partial charge in [0.1, 0.15) is 5.75 Å². The molecular formula is C24H25BrN2O5. The monoisotopic (exact) mass is 500 g/mol. The SMILES string of the molecule is CCOc1ccc(CC(=O)NNC(=O)COc2ccc3ccccc3c2Br)cc1OCC. The third kappa shape index (κ3) is 6.13. The van der Waals surface area contributed by atoms with E-state index in [1.54, 1.807) is 24.3 Å². The van der Waals surface area contributed by atoms with Crippen molar-refractivity contribution in [1.29, 1.82) is 0 Å². The van der Waals surface area contributed by atoms with Gasteiger partial charge in [0.15, 0.2) is 18.1 Å². The molecule has 0 aromatic heterocycles. The fourth-order valence-electron chi connectivity index (χ4n) is 3.08. The van der Waals surface area contributed by atoms with Crippen LogP contribution >= 0.6 is 15.9 Å². The molecule has 0 radical (unpaired) electrons. The number of carbonyl (C=O) groups is 2. The Bertz CT molecular complexity index is 1100. The number of nitrogens with one attached hydrogen (secondary N) is 2. The molecular weight excluding hydrogens is 476 g/mol. The summed E-state index contributed by atoms with van der Waals surface area (Å²) in [5.74, 6) is 0.918. The van der Waals surface area contributed by atoms with Crippen LogP contribution in [0.5, 0.6) is 17.2 Å². The Labute approximate surface area is 195 Å². The first-order valence-corrected chi connectivity index (χ1v) is 11.1. The highest BCUT2D eigenvalue weighted by Crippen LogP contribution is 2.33. The van der Waals surface area contributed by atoms with Crippen molar-refractivity contribution in [2.45, 2.75) is 20.3 Å². The molecule has 0 heterocycles. The number of amides is 2. The first kappa shape index (κ1) is 23.4. The number of carbonyl (C=O) groups excluding carboxylic acids is 2. The van der Waals surface area contributed by atoms with Gasteiger partial charge in [-0.25, -0.2) is 0 Å². The van der Waals surface area contributed by atoms with Crippen LogP contribution in [0.1, 0.15) is 19.4 Å². The molecule has 0 fully saturated rings. The average molecular weight is 501 g/mol. The van der Waals surface area contributed by atoms with Crippen LogP contribution in [0.15, 0.2) is 59.1 Å². The summed E-state index contributed by atoms with van der Waals surface area (Å²) in [4.78, 5) is 24.3. The van der Waals surface area contributed by atoms with Crippen LogP contribution in [-0.2, 0) is 16.0 Å². The third-order valence-electron chi connectivity index (χ3n) is 4.50. The lowest BCUT2D eigenvalue weighted by molar-refractivity contribution is -0.129. The van der Waals surface area contributed by atoms with Crippen molar-refractivity contribution in [2.75, 3.05) is 19.8 Å². The standard InChI is InChI=1S/C24H25BrN2O5/c1-3-30-19-11-9-16(13-21(19)31-4-2)14-22(28)26-27-23(29)15-32-20-12-10-17-7-5-6-8-18(17)24(20)25/h5-13H,3-4,14-15H2,1-2H3,(H,26,28)(H,27,29). The van der Waals surface area contributed by atoms with Crippen molar-refractivity contribution in [3.8, 4) is 17.2 Å². The Morgan fingerprint density at radius 2 is 1.50 bits per heavy atom. The summed E-state index contributed by atoms with van der Waals surface area (Å²) in [5.41, 5.74) is 5.50. The average Bonchev–Trinajstić information content (AvgIpc) is 2.79. The van der Waals surface area contributed by atoms with Gasteiger partial charge in [0, 0.05) is 0 Å². The first-order chi connectivity index (χ1) is 15.5. The van der Waals surface area contributed by atoms with Gasteiger partial charge in [-0.3, -0.25) is 20.4 Å². The molecule has 0 saturated heterocycles. The van der Waals surface area contributed by atoms with Crippen molar-refractivity contribution in [3.05, 3.63) is 64.6 Å². The van der Waals surface area contributed by atoms with Crippen molar-refractivity contribution in [1.82, 2.24) is 10.9 Å². The van der Waals surface area contributed by atoms with Crippen LogP contribution in [0.4, 0.5) is 0 Å². The van der Waals surface area contributed by atoms with E-state index in [0.717, 1.165) is 20.8 Å². The maximum Gasteiger partial charge on any atom is 0.276 e. The number of hydrogen-bond acceptors (Lipinski definition) is 5. The maximum absolute atomic E-state index is 12.2. The second-order valence-electron chi connectivity index (χ2n) is 6.81. The number of hydrogen-bond donors (Lipinski definition) is 2. The van der Waals surface area contributed by atoms with Gasteiger partial charge in [0.2, 0.25) is 5.91 Å². The predicted octanol–water partition coefficient (Wildman–Crippen LogP) is 4.17. The quantitative estimate of drug-likeness (QED) is 0.430. The summed E-state index contributed by atoms with van der Waals surface area (Å²) in [5, 5.41) is 2.05. The third-order valence-corrected chi connectivity index (χ3v) is 5.32. The summed E-state index contributed by atoms with van der Waals surface area (Å²) in [6.07, 6.45) is 0.0733. The summed E-state index contributed by atoms with van der Waals surface area (Å²) in [6, 6.07) is 16.9. The number of hydrazine groups is 1. The van der Waals surface area contributed by atoms with E-state index in [0.29, 0.717) is 30.5 Å². The lowest BCUT2D eigenvalue weighted by Crippen LogP contribution is -2.44. The molecule has 0 spiro atoms. The molecule has 3 rings (SSSR count). The molecule has 3 aromatic carbocycles. The number of rotatable bonds is 9. The molecule has 0 atom stereocenters. The first-order valence-electron chi connectivity index (χ1n) is 10.3. The lowest BCUT2D eigenvalue weighted by atomic mass is 10.1. The molecule has 168 valence electrons. The molecule has 2 N–H and O–H groups in total. The second-order valence-corrected chi connectivity index (χ2v) is 7.60. The van der Waals surface area contributed by atoms with E-state index >= 15 is 0 Å². The molecule has 0 aliphatic rings. The van der Waals surface area contributed by atoms with Gasteiger partial charge < -0.3 is 14.2 Å². The Morgan fingerprint density at radius 1 is 0.812 bits per heavy atom. The minimum absolute atomic E-state index is 0.0733. The van der Waals surface area contributed by atoms with Gasteiger partial charge in [-0.2, -0.15) is 0 Å². The summed E-state index contributed by atoms with van der Waals surface area (Å²) < 4.78 is 17.5. The van der Waals surface area contributed by atoms with Crippen LogP contribution in [-0.4, -0.2) is 31.6 Å². The van der Waals surface area contributed by atoms with E-state index in [1.165, 1.54) is 0 Å². The number of fused-ring (bicyclic) bond motifs is 1. The molecule has 3 aromatic rings. The minimum atomic E-state index is -0.472. The number of halogens is 1. The fraction of sp³-hybridized carbons (Fsp3) is 0.250. The Kier molecular flexibility index (Phi) is 8.33. The zero-order chi connectivity index (χ0) is 22.9. The highest BCUT2D eigenvalue weighted by molar-refractivity contribution is 9.10. The van der Waals surface area contributed by atoms with Crippen LogP contribution in [0, 0.1) is 0 Å². The normalized spacial score (nSPS) is 10.5. The predicted molar refractivity (Wildman–Crippen MR) is 126 cm³/mol. The molecule has 0 unspecified atom stereocenters. The molecule has 8 heteroatoms. The molecule has 0 aliphatic carbocycles. The van der Waals surface area contributed by atoms with Crippen LogP contribution < -0.4 is 25.1 Å². The highest BCUT2D eigenvalue weighted by atomic mass is 79.9. The van der Waals surface area contributed by atoms with Gasteiger partial charge in [0.25, 0.3) is 5.91 Å². The van der Waals surface area contributed by atoms with Crippen molar-refractivity contribution >= 4 is 38.5 Å². The van der Waals surface area contributed by atoms with Crippen molar-refractivity contribution in [2.24, 2.45) is 0 Å². The molecule has 32 heavy (non-hydrogen) atoms. The molecule has 0 saturated carbocycles. The lowest BCUT2D eigenvalue weighted by Gasteiger charge is -2.13. The zero-order valence-corrected chi connectivity index (χ0v) is 19.5. The summed E-state index contributed by atoms with van der Waals surface area (Å²) in [6.45, 7) is 4.53. The van der Waals surface area contributed by atoms with E-state index < -0.39 is 5.91 Å². The van der Waals surface area contributed by atoms with Crippen LogP contribution in [0.2, 0.25) is 0 Å². The molecule has 0 bridgehead atoms. The summed E-state index contributed by atoms with van der Waals surface area (Å²) in [7, 11) is 0. The van der Waals surface area contributed by atoms with Gasteiger partial charge >= 0.3 is 0 Å². The van der Waals surface area contributed by atoms with Crippen molar-refractivity contribution in [3.63, 3.8) is 0 Å². The van der Waals surface area contributed by atoms with E-state index in [2.05, 4.69) is 26.8 Å². The van der Waals surface area contributed by atoms with Crippen LogP contribution in [0.3, 0.4) is 0 Å². The van der Waals surface area contributed by atoms with E-state index in [9.17, 15) is 9.59 Å². The van der Waals surface area contributed by atoms with Gasteiger partial charge in [-0.05, 0) is 64.3 Å². The maximum atomic E-state index is 12.2. The van der Waals surface area contributed by atoms with Gasteiger partial charge in [-0.15, -0.1) is 0 Å². The number of benzene rings is 3. The molecule has 2 amide bonds. The van der Waals surface area contributed by atoms with Crippen molar-refractivity contribution < 1.29 is 23.8 Å². The highest BCUT2D eigenvalue weighted by Gasteiger charge is 2.12. The molecule has 0 aliphatic heterocycles. The topological polar surface area (TPSA) is 85.9 Å². The van der Waals surface area contributed by atoms with Gasteiger partial charge in [0.05, 0.1) is 24.1 Å². The van der Waals surface area contributed by atoms with E-state index in [1.807, 2.05) is 44.2 Å². The van der Waals surface area contributed by atoms with Crippen LogP contribution in [0.25, 0.3) is 10.8 Å². The minimum Gasteiger partial charge on any atom is -0.490 e. The second kappa shape index (κ2) is 11.4. The van der Waals surface area contributed by atoms with E-state index in [4.69, 9.17) is 14.2 Å². The zero-order valence-electron chi connectivity index (χ0n) is 17.9. The fourth-order valence-corrected chi connectivity index (χ4v) is 3.69. The largest absolute Gasteiger partial charge is 0.490 e. The Hall–Kier alpha value is -3.26. The van der Waals surface area contributed by atoms with Gasteiger partial charge in [-0.1, -0.05) is 36.4 Å². The molecule has 7 nitrogen and oxygen atoms in total. The summed E-state index contributed by atoms with van der Waals surface area (Å²) >= 11 is 3.52. The van der Waals surface area contributed by atoms with E-state index in [-0.39, 0.29) is 18.9 Å². The number of ether oxygens (including phenoxy) is 3. The Morgan fingerprint density at radius 3 is 2.28 bits per heavy atom.